The molecule has 1 atom stereocenters. The average molecular weight is 523 g/mol. The molecule has 3 aromatic rings. The number of amides is 1. The highest BCUT2D eigenvalue weighted by molar-refractivity contribution is 14.0. The zero-order chi connectivity index (χ0) is 19.3. The summed E-state index contributed by atoms with van der Waals surface area (Å²) in [5.74, 6) is 1.42. The molecule has 152 valence electrons. The number of para-hydroxylation sites is 1. The summed E-state index contributed by atoms with van der Waals surface area (Å²) in [5.41, 5.74) is 2.83. The van der Waals surface area contributed by atoms with Gasteiger partial charge in [0.2, 0.25) is 11.8 Å². The molecule has 1 aliphatic rings. The van der Waals surface area contributed by atoms with Gasteiger partial charge in [0.15, 0.2) is 5.96 Å². The van der Waals surface area contributed by atoms with Gasteiger partial charge in [0, 0.05) is 31.6 Å². The molecule has 1 aliphatic heterocycles. The second-order valence-corrected chi connectivity index (χ2v) is 7.41. The Labute approximate surface area is 190 Å². The number of hydrogen-bond acceptors (Lipinski definition) is 5. The number of hydrogen-bond donors (Lipinski definition) is 3. The van der Waals surface area contributed by atoms with E-state index >= 15 is 0 Å². The molecule has 9 heteroatoms. The predicted octanol–water partition coefficient (Wildman–Crippen LogP) is 3.81. The van der Waals surface area contributed by atoms with Gasteiger partial charge in [0.1, 0.15) is 6.26 Å². The molecule has 1 unspecified atom stereocenters. The Morgan fingerprint density at radius 3 is 2.97 bits per heavy atom. The van der Waals surface area contributed by atoms with Gasteiger partial charge in [0.05, 0.1) is 17.1 Å². The van der Waals surface area contributed by atoms with Crippen molar-refractivity contribution in [2.75, 3.05) is 18.9 Å². The van der Waals surface area contributed by atoms with Crippen molar-refractivity contribution in [3.63, 3.8) is 0 Å². The molecule has 0 bridgehead atoms. The lowest BCUT2D eigenvalue weighted by molar-refractivity contribution is -0.116. The van der Waals surface area contributed by atoms with Crippen LogP contribution in [-0.2, 0) is 11.3 Å². The van der Waals surface area contributed by atoms with Gasteiger partial charge in [-0.2, -0.15) is 0 Å². The monoisotopic (exact) mass is 523 g/mol. The fourth-order valence-electron chi connectivity index (χ4n) is 3.20. The number of rotatable bonds is 5. The molecule has 0 aliphatic carbocycles. The van der Waals surface area contributed by atoms with E-state index in [-0.39, 0.29) is 35.8 Å². The van der Waals surface area contributed by atoms with E-state index in [4.69, 9.17) is 4.42 Å². The molecule has 29 heavy (non-hydrogen) atoms. The van der Waals surface area contributed by atoms with Crippen molar-refractivity contribution >= 4 is 52.9 Å². The van der Waals surface area contributed by atoms with E-state index in [0.717, 1.165) is 21.8 Å². The van der Waals surface area contributed by atoms with Crippen molar-refractivity contribution in [2.24, 2.45) is 4.99 Å². The normalized spacial score (nSPS) is 15.8. The molecular formula is C20H22IN5O2S. The van der Waals surface area contributed by atoms with Gasteiger partial charge < -0.3 is 20.4 Å². The predicted molar refractivity (Wildman–Crippen MR) is 126 cm³/mol. The molecule has 0 saturated carbocycles. The first kappa shape index (κ1) is 21.3. The number of thiophene rings is 1. The van der Waals surface area contributed by atoms with Gasteiger partial charge in [0.25, 0.3) is 0 Å². The van der Waals surface area contributed by atoms with Crippen molar-refractivity contribution in [1.29, 1.82) is 0 Å². The molecule has 3 N–H and O–H groups in total. The van der Waals surface area contributed by atoms with Crippen LogP contribution in [0.25, 0.3) is 10.8 Å². The second kappa shape index (κ2) is 9.88. The molecule has 1 amide bonds. The highest BCUT2D eigenvalue weighted by Gasteiger charge is 2.24. The first-order chi connectivity index (χ1) is 13.7. The SMILES string of the molecule is CN=C(NCc1coc(-c2cccs2)n1)NCC1CC(=O)Nc2ccccc21.I. The molecule has 0 spiro atoms. The maximum absolute atomic E-state index is 12.0. The van der Waals surface area contributed by atoms with E-state index < -0.39 is 0 Å². The summed E-state index contributed by atoms with van der Waals surface area (Å²) >= 11 is 1.59. The molecule has 7 nitrogen and oxygen atoms in total. The molecule has 2 aromatic heterocycles. The molecule has 3 heterocycles. The third-order valence-corrected chi connectivity index (χ3v) is 5.42. The van der Waals surface area contributed by atoms with Crippen LogP contribution in [0.3, 0.4) is 0 Å². The number of fused-ring (bicyclic) bond motifs is 1. The Kier molecular flexibility index (Phi) is 7.26. The Balaban J connectivity index is 0.00000240. The van der Waals surface area contributed by atoms with E-state index in [0.29, 0.717) is 31.4 Å². The van der Waals surface area contributed by atoms with Crippen LogP contribution in [0.5, 0.6) is 0 Å². The van der Waals surface area contributed by atoms with Gasteiger partial charge in [-0.1, -0.05) is 24.3 Å². The van der Waals surface area contributed by atoms with E-state index in [1.165, 1.54) is 0 Å². The lowest BCUT2D eigenvalue weighted by Gasteiger charge is -2.26. The van der Waals surface area contributed by atoms with Gasteiger partial charge in [-0.3, -0.25) is 9.79 Å². The Hall–Kier alpha value is -2.40. The summed E-state index contributed by atoms with van der Waals surface area (Å²) in [4.78, 5) is 21.7. The number of carbonyl (C=O) groups is 1. The number of aliphatic imine (C=N–C) groups is 1. The standard InChI is InChI=1S/C20H21N5O2S.HI/c1-21-20(23-11-14-12-27-19(24-14)17-7-4-8-28-17)22-10-13-9-18(26)25-16-6-3-2-5-15(13)16;/h2-8,12-13H,9-11H2,1H3,(H,25,26)(H2,21,22,23);1H. The smallest absolute Gasteiger partial charge is 0.236 e. The fraction of sp³-hybridized carbons (Fsp3) is 0.250. The molecule has 1 aromatic carbocycles. The summed E-state index contributed by atoms with van der Waals surface area (Å²) in [6.45, 7) is 1.11. The number of nitrogens with one attached hydrogen (secondary N) is 3. The summed E-state index contributed by atoms with van der Waals surface area (Å²) < 4.78 is 5.54. The second-order valence-electron chi connectivity index (χ2n) is 6.46. The van der Waals surface area contributed by atoms with Crippen LogP contribution in [0.4, 0.5) is 5.69 Å². The van der Waals surface area contributed by atoms with Gasteiger partial charge in [-0.15, -0.1) is 35.3 Å². The quantitative estimate of drug-likeness (QED) is 0.269. The zero-order valence-electron chi connectivity index (χ0n) is 15.8. The van der Waals surface area contributed by atoms with Gasteiger partial charge in [-0.05, 0) is 23.1 Å². The number of aromatic nitrogens is 1. The summed E-state index contributed by atoms with van der Waals surface area (Å²) in [6, 6.07) is 11.9. The van der Waals surface area contributed by atoms with E-state index in [9.17, 15) is 4.79 Å². The van der Waals surface area contributed by atoms with Gasteiger partial charge >= 0.3 is 0 Å². The van der Waals surface area contributed by atoms with Crippen LogP contribution in [0.1, 0.15) is 23.6 Å². The van der Waals surface area contributed by atoms with Crippen molar-refractivity contribution in [1.82, 2.24) is 15.6 Å². The lowest BCUT2D eigenvalue weighted by atomic mass is 9.90. The third-order valence-electron chi connectivity index (χ3n) is 4.57. The number of carbonyl (C=O) groups excluding carboxylic acids is 1. The van der Waals surface area contributed by atoms with Crippen LogP contribution in [0.15, 0.2) is 57.5 Å². The highest BCUT2D eigenvalue weighted by atomic mass is 127. The summed E-state index contributed by atoms with van der Waals surface area (Å²) in [5, 5.41) is 11.5. The molecular weight excluding hydrogens is 501 g/mol. The highest BCUT2D eigenvalue weighted by Crippen LogP contribution is 2.31. The van der Waals surface area contributed by atoms with Crippen molar-refractivity contribution in [3.05, 3.63) is 59.3 Å². The summed E-state index contributed by atoms with van der Waals surface area (Å²) in [7, 11) is 1.72. The Morgan fingerprint density at radius 1 is 1.31 bits per heavy atom. The summed E-state index contributed by atoms with van der Waals surface area (Å²) in [6.07, 6.45) is 2.10. The maximum atomic E-state index is 12.0. The van der Waals surface area contributed by atoms with E-state index in [1.54, 1.807) is 24.6 Å². The maximum Gasteiger partial charge on any atom is 0.236 e. The minimum Gasteiger partial charge on any atom is -0.443 e. The number of guanidine groups is 1. The van der Waals surface area contributed by atoms with E-state index in [1.807, 2.05) is 35.7 Å². The van der Waals surface area contributed by atoms with E-state index in [2.05, 4.69) is 32.0 Å². The molecule has 4 rings (SSSR count). The zero-order valence-corrected chi connectivity index (χ0v) is 19.0. The van der Waals surface area contributed by atoms with Gasteiger partial charge in [-0.25, -0.2) is 4.98 Å². The topological polar surface area (TPSA) is 91.6 Å². The lowest BCUT2D eigenvalue weighted by Crippen LogP contribution is -2.40. The fourth-order valence-corrected chi connectivity index (χ4v) is 3.86. The van der Waals surface area contributed by atoms with Crippen LogP contribution in [0, 0.1) is 0 Å². The Morgan fingerprint density at radius 2 is 2.17 bits per heavy atom. The number of halogens is 1. The van der Waals surface area contributed by atoms with Crippen LogP contribution < -0.4 is 16.0 Å². The van der Waals surface area contributed by atoms with Crippen molar-refractivity contribution in [3.8, 4) is 10.8 Å². The third kappa shape index (κ3) is 5.15. The average Bonchev–Trinajstić information content (AvgIpc) is 3.39. The van der Waals surface area contributed by atoms with Crippen molar-refractivity contribution < 1.29 is 9.21 Å². The first-order valence-electron chi connectivity index (χ1n) is 9.04. The Bertz CT molecular complexity index is 986. The van der Waals surface area contributed by atoms with Crippen LogP contribution in [-0.4, -0.2) is 30.4 Å². The number of benzene rings is 1. The molecule has 0 radical (unpaired) electrons. The minimum atomic E-state index is 0. The first-order valence-corrected chi connectivity index (χ1v) is 9.92. The molecule has 0 fully saturated rings. The minimum absolute atomic E-state index is 0. The number of nitrogens with zero attached hydrogens (tertiary/aromatic N) is 2. The number of anilines is 1. The number of oxazole rings is 1. The van der Waals surface area contributed by atoms with Crippen LogP contribution in [0.2, 0.25) is 0 Å². The molecule has 0 saturated heterocycles. The largest absolute Gasteiger partial charge is 0.443 e. The van der Waals surface area contributed by atoms with Crippen molar-refractivity contribution in [2.45, 2.75) is 18.9 Å². The van der Waals surface area contributed by atoms with Crippen LogP contribution >= 0.6 is 35.3 Å².